The molecule has 0 aliphatic carbocycles. The number of nitriles is 1. The number of anilines is 1. The van der Waals surface area contributed by atoms with E-state index in [4.69, 9.17) is 9.84 Å². The van der Waals surface area contributed by atoms with Crippen LogP contribution in [0.2, 0.25) is 0 Å². The number of rotatable bonds is 5. The Bertz CT molecular complexity index is 889. The van der Waals surface area contributed by atoms with Gasteiger partial charge in [-0.2, -0.15) is 5.26 Å². The second-order valence-electron chi connectivity index (χ2n) is 5.20. The van der Waals surface area contributed by atoms with Gasteiger partial charge in [-0.25, -0.2) is 4.79 Å². The first-order valence-electron chi connectivity index (χ1n) is 7.27. The summed E-state index contributed by atoms with van der Waals surface area (Å²) in [6.07, 6.45) is 0.992. The zero-order chi connectivity index (χ0) is 18.6. The normalized spacial score (nSPS) is 10.9. The van der Waals surface area contributed by atoms with Gasteiger partial charge in [-0.15, -0.1) is 11.3 Å². The van der Waals surface area contributed by atoms with Crippen molar-refractivity contribution in [2.45, 2.75) is 13.8 Å². The molecule has 1 amide bonds. The fourth-order valence-electron chi connectivity index (χ4n) is 2.25. The van der Waals surface area contributed by atoms with Crippen LogP contribution in [0.5, 0.6) is 5.75 Å². The highest BCUT2D eigenvalue weighted by molar-refractivity contribution is 7.17. The molecule has 0 atom stereocenters. The maximum Gasteiger partial charge on any atom is 0.331 e. The molecule has 0 aliphatic rings. The molecular weight excluding hydrogens is 340 g/mol. The Morgan fingerprint density at radius 3 is 2.48 bits per heavy atom. The molecule has 0 fully saturated rings. The van der Waals surface area contributed by atoms with E-state index in [0.29, 0.717) is 16.3 Å². The molecule has 0 unspecified atom stereocenters. The highest BCUT2D eigenvalue weighted by Gasteiger charge is 2.18. The van der Waals surface area contributed by atoms with E-state index in [-0.39, 0.29) is 5.57 Å². The first kappa shape index (κ1) is 18.2. The predicted molar refractivity (Wildman–Crippen MR) is 95.8 cm³/mol. The van der Waals surface area contributed by atoms with Crippen LogP contribution in [0, 0.1) is 18.3 Å². The van der Waals surface area contributed by atoms with Gasteiger partial charge in [0.15, 0.2) is 0 Å². The quantitative estimate of drug-likeness (QED) is 0.798. The van der Waals surface area contributed by atoms with E-state index < -0.39 is 11.9 Å². The highest BCUT2D eigenvalue weighted by atomic mass is 32.1. The molecule has 0 bridgehead atoms. The van der Waals surface area contributed by atoms with Gasteiger partial charge in [0.25, 0.3) is 0 Å². The van der Waals surface area contributed by atoms with Crippen LogP contribution in [0.25, 0.3) is 11.1 Å². The number of methoxy groups -OCH3 is 1. The number of nitrogens with zero attached hydrogens (tertiary/aromatic N) is 1. The molecule has 2 N–H and O–H groups in total. The summed E-state index contributed by atoms with van der Waals surface area (Å²) in [6, 6.07) is 9.40. The topological polar surface area (TPSA) is 99.4 Å². The minimum Gasteiger partial charge on any atom is -0.497 e. The van der Waals surface area contributed by atoms with Crippen LogP contribution in [0.15, 0.2) is 35.9 Å². The number of ether oxygens (including phenoxy) is 1. The van der Waals surface area contributed by atoms with E-state index >= 15 is 0 Å². The number of carboxylic acids is 1. The summed E-state index contributed by atoms with van der Waals surface area (Å²) in [5.74, 6) is -1.05. The standard InChI is InChI=1S/C18H16N2O4S/c1-10(18(22)23)8-15(21)20-17-14(9-19)16(11(2)25-17)12-4-6-13(24-3)7-5-12/h4-8H,1-3H3,(H,20,21)(H,22,23). The van der Waals surface area contributed by atoms with E-state index in [1.54, 1.807) is 19.2 Å². The van der Waals surface area contributed by atoms with Crippen molar-refractivity contribution in [1.82, 2.24) is 0 Å². The lowest BCUT2D eigenvalue weighted by molar-refractivity contribution is -0.132. The van der Waals surface area contributed by atoms with Crippen molar-refractivity contribution >= 4 is 28.2 Å². The Kier molecular flexibility index (Phi) is 5.57. The summed E-state index contributed by atoms with van der Waals surface area (Å²) in [6.45, 7) is 3.19. The number of carbonyl (C=O) groups excluding carboxylic acids is 1. The Balaban J connectivity index is 2.39. The van der Waals surface area contributed by atoms with Crippen molar-refractivity contribution < 1.29 is 19.4 Å². The van der Waals surface area contributed by atoms with Gasteiger partial charge >= 0.3 is 5.97 Å². The fourth-order valence-corrected chi connectivity index (χ4v) is 3.28. The predicted octanol–water partition coefficient (Wildman–Crippen LogP) is 3.57. The molecule has 1 aromatic heterocycles. The number of nitrogens with one attached hydrogen (secondary N) is 1. The maximum atomic E-state index is 12.0. The average molecular weight is 356 g/mol. The molecule has 128 valence electrons. The molecule has 6 nitrogen and oxygen atoms in total. The summed E-state index contributed by atoms with van der Waals surface area (Å²) >= 11 is 1.27. The SMILES string of the molecule is COc1ccc(-c2c(C)sc(NC(=O)C=C(C)C(=O)O)c2C#N)cc1. The van der Waals surface area contributed by atoms with Crippen molar-refractivity contribution in [1.29, 1.82) is 5.26 Å². The Morgan fingerprint density at radius 2 is 1.96 bits per heavy atom. The number of aliphatic carboxylic acids is 1. The van der Waals surface area contributed by atoms with Crippen LogP contribution in [0.4, 0.5) is 5.00 Å². The van der Waals surface area contributed by atoms with Gasteiger partial charge in [-0.1, -0.05) is 12.1 Å². The second-order valence-corrected chi connectivity index (χ2v) is 6.42. The molecule has 25 heavy (non-hydrogen) atoms. The maximum absolute atomic E-state index is 12.0. The Hall–Kier alpha value is -3.11. The van der Waals surface area contributed by atoms with Gasteiger partial charge in [-0.3, -0.25) is 4.79 Å². The van der Waals surface area contributed by atoms with Crippen molar-refractivity contribution in [3.63, 3.8) is 0 Å². The molecule has 1 aromatic carbocycles. The molecule has 0 radical (unpaired) electrons. The van der Waals surface area contributed by atoms with Crippen molar-refractivity contribution in [2.75, 3.05) is 12.4 Å². The summed E-state index contributed by atoms with van der Waals surface area (Å²) in [5.41, 5.74) is 1.84. The molecule has 7 heteroatoms. The van der Waals surface area contributed by atoms with Crippen LogP contribution >= 0.6 is 11.3 Å². The minimum atomic E-state index is -1.17. The second kappa shape index (κ2) is 7.64. The smallest absolute Gasteiger partial charge is 0.331 e. The number of thiophene rings is 1. The van der Waals surface area contributed by atoms with Gasteiger partial charge in [0.2, 0.25) is 5.91 Å². The number of carbonyl (C=O) groups is 2. The van der Waals surface area contributed by atoms with Gasteiger partial charge in [0.1, 0.15) is 16.8 Å². The molecule has 0 saturated heterocycles. The summed E-state index contributed by atoms with van der Waals surface area (Å²) < 4.78 is 5.13. The average Bonchev–Trinajstić information content (AvgIpc) is 2.89. The van der Waals surface area contributed by atoms with Gasteiger partial charge < -0.3 is 15.2 Å². The lowest BCUT2D eigenvalue weighted by Gasteiger charge is -2.04. The summed E-state index contributed by atoms with van der Waals surface area (Å²) in [7, 11) is 1.58. The van der Waals surface area contributed by atoms with Crippen LogP contribution in [-0.2, 0) is 9.59 Å². The Labute approximate surface area is 149 Å². The molecule has 0 saturated carbocycles. The lowest BCUT2D eigenvalue weighted by Crippen LogP contribution is -2.10. The summed E-state index contributed by atoms with van der Waals surface area (Å²) in [5, 5.41) is 21.3. The van der Waals surface area contributed by atoms with Crippen LogP contribution in [0.3, 0.4) is 0 Å². The van der Waals surface area contributed by atoms with Gasteiger partial charge in [-0.05, 0) is 31.5 Å². The van der Waals surface area contributed by atoms with Crippen molar-refractivity contribution in [3.05, 3.63) is 46.4 Å². The number of hydrogen-bond donors (Lipinski definition) is 2. The monoisotopic (exact) mass is 356 g/mol. The molecule has 0 aliphatic heterocycles. The highest BCUT2D eigenvalue weighted by Crippen LogP contribution is 2.39. The third-order valence-electron chi connectivity index (χ3n) is 3.50. The van der Waals surface area contributed by atoms with E-state index in [1.165, 1.54) is 18.3 Å². The number of aryl methyl sites for hydroxylation is 1. The molecule has 2 aromatic rings. The van der Waals surface area contributed by atoms with Crippen LogP contribution in [0.1, 0.15) is 17.4 Å². The molecular formula is C18H16N2O4S. The molecule has 2 rings (SSSR count). The van der Waals surface area contributed by atoms with Crippen LogP contribution < -0.4 is 10.1 Å². The van der Waals surface area contributed by atoms with Gasteiger partial charge in [0, 0.05) is 22.1 Å². The van der Waals surface area contributed by atoms with E-state index in [2.05, 4.69) is 11.4 Å². The Morgan fingerprint density at radius 1 is 1.32 bits per heavy atom. The number of amides is 1. The first-order chi connectivity index (χ1) is 11.9. The zero-order valence-corrected chi connectivity index (χ0v) is 14.7. The summed E-state index contributed by atoms with van der Waals surface area (Å²) in [4.78, 5) is 23.6. The van der Waals surface area contributed by atoms with Gasteiger partial charge in [0.05, 0.1) is 12.7 Å². The van der Waals surface area contributed by atoms with E-state index in [0.717, 1.165) is 22.1 Å². The number of hydrogen-bond acceptors (Lipinski definition) is 5. The van der Waals surface area contributed by atoms with E-state index in [9.17, 15) is 14.9 Å². The molecule has 0 spiro atoms. The number of carboxylic acid groups (broad SMARTS) is 1. The number of benzene rings is 1. The first-order valence-corrected chi connectivity index (χ1v) is 8.09. The van der Waals surface area contributed by atoms with E-state index in [1.807, 2.05) is 19.1 Å². The van der Waals surface area contributed by atoms with Crippen molar-refractivity contribution in [3.8, 4) is 22.9 Å². The zero-order valence-electron chi connectivity index (χ0n) is 13.9. The third-order valence-corrected chi connectivity index (χ3v) is 4.52. The molecule has 1 heterocycles. The minimum absolute atomic E-state index is 0.0836. The largest absolute Gasteiger partial charge is 0.497 e. The van der Waals surface area contributed by atoms with Crippen LogP contribution in [-0.4, -0.2) is 24.1 Å². The lowest BCUT2D eigenvalue weighted by atomic mass is 10.0. The third kappa shape index (κ3) is 4.05. The van der Waals surface area contributed by atoms with Crippen molar-refractivity contribution in [2.24, 2.45) is 0 Å². The fraction of sp³-hybridized carbons (Fsp3) is 0.167.